The lowest BCUT2D eigenvalue weighted by atomic mass is 9.97. The number of aryl methyl sites for hydroxylation is 1. The van der Waals surface area contributed by atoms with Crippen LogP contribution in [0.5, 0.6) is 5.75 Å². The lowest BCUT2D eigenvalue weighted by Gasteiger charge is -2.32. The van der Waals surface area contributed by atoms with Crippen molar-refractivity contribution >= 4 is 28.5 Å². The van der Waals surface area contributed by atoms with Crippen molar-refractivity contribution in [2.24, 2.45) is 5.92 Å². The fourth-order valence-corrected chi connectivity index (χ4v) is 4.68. The van der Waals surface area contributed by atoms with Crippen molar-refractivity contribution in [2.75, 3.05) is 24.6 Å². The highest BCUT2D eigenvalue weighted by Gasteiger charge is 2.22. The van der Waals surface area contributed by atoms with Crippen LogP contribution in [0.15, 0.2) is 71.3 Å². The Hall–Kier alpha value is -4.13. The van der Waals surface area contributed by atoms with Crippen molar-refractivity contribution in [3.8, 4) is 5.75 Å². The molecule has 0 unspecified atom stereocenters. The number of piperidine rings is 1. The summed E-state index contributed by atoms with van der Waals surface area (Å²) in [7, 11) is 0. The van der Waals surface area contributed by atoms with E-state index in [9.17, 15) is 9.59 Å². The summed E-state index contributed by atoms with van der Waals surface area (Å²) in [6.45, 7) is 4.22. The Labute approximate surface area is 209 Å². The normalized spacial score (nSPS) is 14.2. The summed E-state index contributed by atoms with van der Waals surface area (Å²) in [6, 6.07) is 18.2. The molecule has 3 heterocycles. The van der Waals surface area contributed by atoms with Gasteiger partial charge in [-0.3, -0.25) is 4.79 Å². The van der Waals surface area contributed by atoms with E-state index < -0.39 is 5.97 Å². The van der Waals surface area contributed by atoms with Crippen LogP contribution in [-0.4, -0.2) is 41.5 Å². The van der Waals surface area contributed by atoms with Crippen molar-refractivity contribution in [1.82, 2.24) is 4.98 Å². The molecule has 4 aromatic rings. The average Bonchev–Trinajstić information content (AvgIpc) is 3.25. The van der Waals surface area contributed by atoms with Gasteiger partial charge >= 0.3 is 5.97 Å². The molecule has 0 saturated carbocycles. The maximum atomic E-state index is 12.9. The zero-order chi connectivity index (χ0) is 25.1. The van der Waals surface area contributed by atoms with Crippen LogP contribution >= 0.6 is 0 Å². The predicted octanol–water partition coefficient (Wildman–Crippen LogP) is 5.56. The Morgan fingerprint density at radius 3 is 2.61 bits per heavy atom. The van der Waals surface area contributed by atoms with E-state index in [1.807, 2.05) is 43.3 Å². The molecule has 0 spiro atoms. The van der Waals surface area contributed by atoms with E-state index in [1.54, 1.807) is 30.5 Å². The van der Waals surface area contributed by atoms with E-state index in [2.05, 4.69) is 9.88 Å². The number of pyridine rings is 1. The molecule has 0 radical (unpaired) electrons. The van der Waals surface area contributed by atoms with Gasteiger partial charge in [0.1, 0.15) is 17.2 Å². The summed E-state index contributed by atoms with van der Waals surface area (Å²) in [6.07, 6.45) is 3.95. The van der Waals surface area contributed by atoms with E-state index in [0.717, 1.165) is 53.8 Å². The quantitative estimate of drug-likeness (QED) is 0.328. The van der Waals surface area contributed by atoms with Crippen LogP contribution in [0.2, 0.25) is 0 Å². The highest BCUT2D eigenvalue weighted by Crippen LogP contribution is 2.27. The van der Waals surface area contributed by atoms with Gasteiger partial charge in [0, 0.05) is 36.7 Å². The molecule has 2 aromatic carbocycles. The number of fused-ring (bicyclic) bond motifs is 1. The summed E-state index contributed by atoms with van der Waals surface area (Å²) in [5.41, 5.74) is 2.69. The molecule has 1 fully saturated rings. The number of rotatable bonds is 8. The molecule has 184 valence electrons. The molecule has 5 rings (SSSR count). The molecule has 0 amide bonds. The first kappa shape index (κ1) is 23.6. The second-order valence-electron chi connectivity index (χ2n) is 9.25. The maximum Gasteiger partial charge on any atom is 0.335 e. The number of furan rings is 1. The number of ether oxygens (including phenoxy) is 1. The van der Waals surface area contributed by atoms with Gasteiger partial charge in [-0.2, -0.15) is 0 Å². The summed E-state index contributed by atoms with van der Waals surface area (Å²) in [5, 5.41) is 10.1. The molecule has 1 N–H and O–H groups in total. The predicted molar refractivity (Wildman–Crippen MR) is 137 cm³/mol. The third kappa shape index (κ3) is 5.10. The van der Waals surface area contributed by atoms with Crippen molar-refractivity contribution in [1.29, 1.82) is 0 Å². The molecular weight excluding hydrogens is 456 g/mol. The largest absolute Gasteiger partial charge is 0.493 e. The van der Waals surface area contributed by atoms with Crippen LogP contribution in [0, 0.1) is 12.8 Å². The molecule has 1 aliphatic heterocycles. The number of carboxylic acids is 1. The van der Waals surface area contributed by atoms with Crippen LogP contribution in [0.3, 0.4) is 0 Å². The van der Waals surface area contributed by atoms with Gasteiger partial charge in [0.05, 0.1) is 12.2 Å². The topological polar surface area (TPSA) is 92.9 Å². The van der Waals surface area contributed by atoms with Crippen LogP contribution < -0.4 is 9.64 Å². The Morgan fingerprint density at radius 1 is 1.08 bits per heavy atom. The van der Waals surface area contributed by atoms with E-state index in [-0.39, 0.29) is 17.8 Å². The van der Waals surface area contributed by atoms with Crippen LogP contribution in [-0.2, 0) is 6.42 Å². The third-order valence-electron chi connectivity index (χ3n) is 6.78. The first-order chi connectivity index (χ1) is 17.5. The second kappa shape index (κ2) is 10.2. The molecule has 1 saturated heterocycles. The zero-order valence-electron chi connectivity index (χ0n) is 20.1. The number of benzene rings is 2. The van der Waals surface area contributed by atoms with Crippen LogP contribution in [0.25, 0.3) is 11.0 Å². The number of carbonyl (C=O) groups excluding carboxylic acids is 1. The first-order valence-electron chi connectivity index (χ1n) is 12.2. The van der Waals surface area contributed by atoms with Gasteiger partial charge in [-0.1, -0.05) is 30.3 Å². The number of aromatic nitrogens is 1. The molecule has 1 aliphatic rings. The fourth-order valence-electron chi connectivity index (χ4n) is 4.68. The Morgan fingerprint density at radius 2 is 1.89 bits per heavy atom. The number of para-hydroxylation sites is 1. The maximum absolute atomic E-state index is 12.9. The number of anilines is 1. The number of aromatic carboxylic acids is 1. The lowest BCUT2D eigenvalue weighted by molar-refractivity contribution is 0.0696. The standard InChI is InChI=1S/C29H28N2O5/c1-19-24-7-2-3-8-26(24)36-28(19)25(32)15-21-9-10-27(30-17-21)31-13-11-20(12-14-31)18-35-23-6-4-5-22(16-23)29(33)34/h2-10,16-17,20H,11-15,18H2,1H3,(H,33,34). The molecule has 7 nitrogen and oxygen atoms in total. The Kier molecular flexibility index (Phi) is 6.71. The van der Waals surface area contributed by atoms with Gasteiger partial charge in [0.15, 0.2) is 5.76 Å². The van der Waals surface area contributed by atoms with Crippen LogP contribution in [0.4, 0.5) is 5.82 Å². The van der Waals surface area contributed by atoms with Gasteiger partial charge in [-0.15, -0.1) is 0 Å². The molecule has 0 atom stereocenters. The summed E-state index contributed by atoms with van der Waals surface area (Å²) >= 11 is 0. The summed E-state index contributed by atoms with van der Waals surface area (Å²) in [5.74, 6) is 1.30. The van der Waals surface area contributed by atoms with Crippen molar-refractivity contribution < 1.29 is 23.8 Å². The van der Waals surface area contributed by atoms with E-state index in [0.29, 0.717) is 24.0 Å². The SMILES string of the molecule is Cc1c(C(=O)Cc2ccc(N3CCC(COc4cccc(C(=O)O)c4)CC3)nc2)oc2ccccc12. The minimum absolute atomic E-state index is 0.0482. The summed E-state index contributed by atoms with van der Waals surface area (Å²) < 4.78 is 11.7. The first-order valence-corrected chi connectivity index (χ1v) is 12.2. The van der Waals surface area contributed by atoms with Crippen molar-refractivity contribution in [3.63, 3.8) is 0 Å². The highest BCUT2D eigenvalue weighted by molar-refractivity contribution is 6.01. The molecule has 7 heteroatoms. The van der Waals surface area contributed by atoms with Gasteiger partial charge in [0.2, 0.25) is 5.78 Å². The molecule has 36 heavy (non-hydrogen) atoms. The van der Waals surface area contributed by atoms with Crippen molar-refractivity contribution in [3.05, 3.63) is 89.3 Å². The third-order valence-corrected chi connectivity index (χ3v) is 6.78. The number of Topliss-reactive ketones (excluding diaryl/α,β-unsaturated/α-hetero) is 1. The number of hydrogen-bond acceptors (Lipinski definition) is 6. The van der Waals surface area contributed by atoms with E-state index in [4.69, 9.17) is 14.3 Å². The molecule has 0 bridgehead atoms. The fraction of sp³-hybridized carbons (Fsp3) is 0.276. The van der Waals surface area contributed by atoms with Crippen molar-refractivity contribution in [2.45, 2.75) is 26.2 Å². The monoisotopic (exact) mass is 484 g/mol. The van der Waals surface area contributed by atoms with Gasteiger partial charge in [-0.25, -0.2) is 9.78 Å². The number of carbonyl (C=O) groups is 2. The summed E-state index contributed by atoms with van der Waals surface area (Å²) in [4.78, 5) is 30.9. The minimum atomic E-state index is -0.957. The van der Waals surface area contributed by atoms with E-state index >= 15 is 0 Å². The van der Waals surface area contributed by atoms with Crippen LogP contribution in [0.1, 0.15) is 44.9 Å². The minimum Gasteiger partial charge on any atom is -0.493 e. The number of carboxylic acid groups (broad SMARTS) is 1. The molecule has 0 aliphatic carbocycles. The number of nitrogens with zero attached hydrogens (tertiary/aromatic N) is 2. The average molecular weight is 485 g/mol. The Bertz CT molecular complexity index is 1380. The number of ketones is 1. The van der Waals surface area contributed by atoms with Gasteiger partial charge in [0.25, 0.3) is 0 Å². The zero-order valence-corrected chi connectivity index (χ0v) is 20.1. The number of hydrogen-bond donors (Lipinski definition) is 1. The second-order valence-corrected chi connectivity index (χ2v) is 9.25. The molecule has 2 aromatic heterocycles. The highest BCUT2D eigenvalue weighted by atomic mass is 16.5. The molecular formula is C29H28N2O5. The smallest absolute Gasteiger partial charge is 0.335 e. The van der Waals surface area contributed by atoms with E-state index in [1.165, 1.54) is 0 Å². The van der Waals surface area contributed by atoms with Gasteiger partial charge < -0.3 is 19.2 Å². The Balaban J connectivity index is 1.13. The van der Waals surface area contributed by atoms with Gasteiger partial charge in [-0.05, 0) is 61.6 Å². The lowest BCUT2D eigenvalue weighted by Crippen LogP contribution is -2.36.